The number of nitrogens with zero attached hydrogens (tertiary/aromatic N) is 2. The molecular weight excluding hydrogens is 701 g/mol. The third-order valence-corrected chi connectivity index (χ3v) is 14.1. The lowest BCUT2D eigenvalue weighted by atomic mass is 9.93. The van der Waals surface area contributed by atoms with E-state index >= 15 is 0 Å². The van der Waals surface area contributed by atoms with Gasteiger partial charge in [0, 0.05) is 33.3 Å². The van der Waals surface area contributed by atoms with Gasteiger partial charge in [-0.1, -0.05) is 156 Å². The summed E-state index contributed by atoms with van der Waals surface area (Å²) in [5, 5.41) is 8.10. The summed E-state index contributed by atoms with van der Waals surface area (Å²) < 4.78 is 6.43. The summed E-state index contributed by atoms with van der Waals surface area (Å²) in [6.45, 7) is 10.7. The van der Waals surface area contributed by atoms with Crippen molar-refractivity contribution in [1.82, 2.24) is 9.13 Å². The third-order valence-electron chi connectivity index (χ3n) is 12.2. The largest absolute Gasteiger partial charge is 0.307 e. The zero-order valence-corrected chi connectivity index (χ0v) is 36.2. The molecule has 0 aliphatic rings. The van der Waals surface area contributed by atoms with Crippen molar-refractivity contribution in [2.75, 3.05) is 0 Å². The molecular formula is C48H72N2O2S2. The Bertz CT molecular complexity index is 1820. The highest BCUT2D eigenvalue weighted by molar-refractivity contribution is 7.18. The number of unbranched alkanes of at least 4 members (excludes halogenated alkanes) is 16. The molecule has 0 saturated heterocycles. The van der Waals surface area contributed by atoms with Crippen molar-refractivity contribution in [3.05, 3.63) is 55.7 Å². The Morgan fingerprint density at radius 2 is 0.759 bits per heavy atom. The molecule has 4 heterocycles. The highest BCUT2D eigenvalue weighted by atomic mass is 32.1. The molecule has 0 bridgehead atoms. The first-order valence-electron chi connectivity index (χ1n) is 22.5. The van der Waals surface area contributed by atoms with E-state index in [0.717, 1.165) is 55.1 Å². The minimum atomic E-state index is 0.154. The van der Waals surface area contributed by atoms with Gasteiger partial charge in [-0.15, -0.1) is 22.7 Å². The van der Waals surface area contributed by atoms with Gasteiger partial charge >= 0.3 is 0 Å². The number of pyridine rings is 2. The maximum Gasteiger partial charge on any atom is 0.259 e. The predicted octanol–water partition coefficient (Wildman–Crippen LogP) is 15.4. The maximum absolute atomic E-state index is 14.4. The second-order valence-electron chi connectivity index (χ2n) is 16.6. The van der Waals surface area contributed by atoms with Gasteiger partial charge in [0.1, 0.15) is 0 Å². The van der Waals surface area contributed by atoms with Crippen molar-refractivity contribution >= 4 is 64.7 Å². The molecule has 0 saturated carbocycles. The van der Waals surface area contributed by atoms with E-state index in [1.807, 2.05) is 12.1 Å². The van der Waals surface area contributed by atoms with Crippen LogP contribution in [0.1, 0.15) is 182 Å². The molecule has 2 atom stereocenters. The van der Waals surface area contributed by atoms with Gasteiger partial charge in [0.15, 0.2) is 0 Å². The summed E-state index contributed by atoms with van der Waals surface area (Å²) >= 11 is 3.35. The average molecular weight is 773 g/mol. The summed E-state index contributed by atoms with van der Waals surface area (Å²) in [5.74, 6) is 0.985. The van der Waals surface area contributed by atoms with Crippen molar-refractivity contribution < 1.29 is 0 Å². The minimum absolute atomic E-state index is 0.154. The van der Waals surface area contributed by atoms with Crippen molar-refractivity contribution in [3.63, 3.8) is 0 Å². The van der Waals surface area contributed by atoms with Crippen LogP contribution in [0.3, 0.4) is 0 Å². The predicted molar refractivity (Wildman–Crippen MR) is 241 cm³/mol. The molecule has 0 N–H and O–H groups in total. The summed E-state index contributed by atoms with van der Waals surface area (Å²) in [4.78, 5) is 28.9. The van der Waals surface area contributed by atoms with Crippen molar-refractivity contribution in [2.24, 2.45) is 11.8 Å². The second kappa shape index (κ2) is 23.0. The summed E-state index contributed by atoms with van der Waals surface area (Å²) in [7, 11) is 0. The lowest BCUT2D eigenvalue weighted by Gasteiger charge is -2.22. The summed E-state index contributed by atoms with van der Waals surface area (Å²) in [5.41, 5.74) is 2.40. The van der Waals surface area contributed by atoms with E-state index in [-0.39, 0.29) is 11.1 Å². The smallest absolute Gasteiger partial charge is 0.259 e. The normalized spacial score (nSPS) is 13.3. The SMILES string of the molecule is CCCCCCCCC(CCCCCC)Cn1c(=O)c2ccsc2c2cc3c(cc21)c1sccc1c(=O)n3CC(CCCCCC)CCCCCCCC. The van der Waals surface area contributed by atoms with E-state index in [1.54, 1.807) is 22.7 Å². The molecule has 298 valence electrons. The van der Waals surface area contributed by atoms with Gasteiger partial charge in [-0.25, -0.2) is 0 Å². The number of thiophene rings is 2. The molecule has 4 aromatic heterocycles. The van der Waals surface area contributed by atoms with Crippen LogP contribution in [0.15, 0.2) is 44.6 Å². The molecule has 2 unspecified atom stereocenters. The zero-order chi connectivity index (χ0) is 38.1. The van der Waals surface area contributed by atoms with Crippen molar-refractivity contribution in [2.45, 2.75) is 195 Å². The number of benzene rings is 1. The third kappa shape index (κ3) is 11.3. The first-order chi connectivity index (χ1) is 26.5. The molecule has 5 aromatic rings. The molecule has 0 aliphatic carbocycles. The Morgan fingerprint density at radius 3 is 1.11 bits per heavy atom. The number of hydrogen-bond acceptors (Lipinski definition) is 4. The van der Waals surface area contributed by atoms with E-state index in [2.05, 4.69) is 59.7 Å². The highest BCUT2D eigenvalue weighted by Crippen LogP contribution is 2.36. The van der Waals surface area contributed by atoms with Crippen molar-refractivity contribution in [1.29, 1.82) is 0 Å². The molecule has 5 rings (SSSR count). The van der Waals surface area contributed by atoms with E-state index in [4.69, 9.17) is 0 Å². The van der Waals surface area contributed by atoms with Gasteiger partial charge in [0.25, 0.3) is 11.1 Å². The standard InChI is InChI=1S/C48H72N2O2S2/c1-5-9-13-17-19-23-27-37(25-21-15-11-7-3)35-49-43-33-42-44(34-41(43)45-39(47(49)51)29-31-53-45)50(48(52)40-30-32-54-46(40)42)36-38(26-22-16-12-8-4)28-24-20-18-14-10-6-2/h29-34,37-38H,5-28,35-36H2,1-4H3. The lowest BCUT2D eigenvalue weighted by molar-refractivity contribution is 0.358. The first-order valence-corrected chi connectivity index (χ1v) is 24.3. The first kappa shape index (κ1) is 42.7. The topological polar surface area (TPSA) is 44.0 Å². The van der Waals surface area contributed by atoms with Gasteiger partial charge in [0.2, 0.25) is 0 Å². The summed E-state index contributed by atoms with van der Waals surface area (Å²) in [6.07, 6.45) is 30.5. The van der Waals surface area contributed by atoms with E-state index in [9.17, 15) is 9.59 Å². The molecule has 0 amide bonds. The number of hydrogen-bond donors (Lipinski definition) is 0. The molecule has 1 aromatic carbocycles. The Morgan fingerprint density at radius 1 is 0.444 bits per heavy atom. The lowest BCUT2D eigenvalue weighted by Crippen LogP contribution is -2.26. The molecule has 4 nitrogen and oxygen atoms in total. The van der Waals surface area contributed by atoms with Crippen LogP contribution < -0.4 is 11.1 Å². The van der Waals surface area contributed by atoms with E-state index < -0.39 is 0 Å². The van der Waals surface area contributed by atoms with E-state index in [0.29, 0.717) is 11.8 Å². The number of rotatable bonds is 28. The quantitative estimate of drug-likeness (QED) is 0.0375. The number of fused-ring (bicyclic) bond motifs is 6. The Balaban J connectivity index is 1.55. The van der Waals surface area contributed by atoms with Crippen LogP contribution in [-0.4, -0.2) is 9.13 Å². The van der Waals surface area contributed by atoms with Crippen LogP contribution in [0.4, 0.5) is 0 Å². The van der Waals surface area contributed by atoms with Crippen molar-refractivity contribution in [3.8, 4) is 0 Å². The van der Waals surface area contributed by atoms with E-state index in [1.165, 1.54) is 154 Å². The fraction of sp³-hybridized carbons (Fsp3) is 0.667. The minimum Gasteiger partial charge on any atom is -0.307 e. The van der Waals surface area contributed by atoms with Crippen LogP contribution in [-0.2, 0) is 13.1 Å². The Labute approximate surface area is 334 Å². The van der Waals surface area contributed by atoms with Gasteiger partial charge in [-0.3, -0.25) is 9.59 Å². The van der Waals surface area contributed by atoms with Crippen LogP contribution in [0.25, 0.3) is 42.0 Å². The fourth-order valence-corrected chi connectivity index (χ4v) is 10.8. The molecule has 0 fully saturated rings. The molecule has 6 heteroatoms. The van der Waals surface area contributed by atoms with Crippen LogP contribution in [0, 0.1) is 11.8 Å². The van der Waals surface area contributed by atoms with Gasteiger partial charge < -0.3 is 9.13 Å². The van der Waals surface area contributed by atoms with Gasteiger partial charge in [-0.05, 0) is 72.5 Å². The Hall–Kier alpha value is -2.44. The maximum atomic E-state index is 14.4. The molecule has 0 spiro atoms. The molecule has 0 radical (unpaired) electrons. The highest BCUT2D eigenvalue weighted by Gasteiger charge is 2.21. The van der Waals surface area contributed by atoms with Gasteiger partial charge in [0.05, 0.1) is 21.8 Å². The molecule has 54 heavy (non-hydrogen) atoms. The van der Waals surface area contributed by atoms with Crippen LogP contribution in [0.5, 0.6) is 0 Å². The van der Waals surface area contributed by atoms with Crippen LogP contribution in [0.2, 0.25) is 0 Å². The average Bonchev–Trinajstić information content (AvgIpc) is 3.88. The zero-order valence-electron chi connectivity index (χ0n) is 34.5. The van der Waals surface area contributed by atoms with Gasteiger partial charge in [-0.2, -0.15) is 0 Å². The summed E-state index contributed by atoms with van der Waals surface area (Å²) in [6, 6.07) is 8.69. The van der Waals surface area contributed by atoms with Crippen LogP contribution >= 0.6 is 22.7 Å². The fourth-order valence-electron chi connectivity index (χ4n) is 8.95. The number of aromatic nitrogens is 2. The monoisotopic (exact) mass is 773 g/mol. The molecule has 0 aliphatic heterocycles. The Kier molecular flexibility index (Phi) is 18.1. The second-order valence-corrected chi connectivity index (χ2v) is 18.4.